The van der Waals surface area contributed by atoms with E-state index >= 15 is 0 Å². The third-order valence-corrected chi connectivity index (χ3v) is 5.77. The molecule has 1 atom stereocenters. The van der Waals surface area contributed by atoms with Crippen LogP contribution in [0.15, 0.2) is 53.7 Å². The minimum atomic E-state index is -0.0122. The molecule has 1 fully saturated rings. The second kappa shape index (κ2) is 12.1. The van der Waals surface area contributed by atoms with Gasteiger partial charge in [-0.3, -0.25) is 9.78 Å². The summed E-state index contributed by atoms with van der Waals surface area (Å²) in [5.41, 5.74) is 3.47. The van der Waals surface area contributed by atoms with Gasteiger partial charge in [0.25, 0.3) is 0 Å². The minimum absolute atomic E-state index is 0.0122. The molecule has 3 rings (SSSR count). The highest BCUT2D eigenvalue weighted by atomic mass is 16.2. The Morgan fingerprint density at radius 1 is 1.22 bits per heavy atom. The van der Waals surface area contributed by atoms with Crippen LogP contribution < -0.4 is 15.5 Å². The van der Waals surface area contributed by atoms with Crippen molar-refractivity contribution in [2.75, 3.05) is 44.7 Å². The van der Waals surface area contributed by atoms with E-state index < -0.39 is 0 Å². The van der Waals surface area contributed by atoms with E-state index in [-0.39, 0.29) is 18.5 Å². The number of guanidine groups is 1. The number of carbonyl (C=O) groups excluding carboxylic acids is 1. The van der Waals surface area contributed by atoms with Gasteiger partial charge in [-0.25, -0.2) is 4.99 Å². The monoisotopic (exact) mass is 436 g/mol. The summed E-state index contributed by atoms with van der Waals surface area (Å²) in [5.74, 6) is 0.639. The summed E-state index contributed by atoms with van der Waals surface area (Å²) in [6.45, 7) is 7.86. The van der Waals surface area contributed by atoms with E-state index in [2.05, 4.69) is 56.7 Å². The number of nitrogens with zero attached hydrogens (tertiary/aromatic N) is 4. The largest absolute Gasteiger partial charge is 0.372 e. The Labute approximate surface area is 191 Å². The number of carbonyl (C=O) groups is 1. The first kappa shape index (κ1) is 23.6. The van der Waals surface area contributed by atoms with Crippen molar-refractivity contribution in [3.8, 4) is 0 Å². The fourth-order valence-corrected chi connectivity index (χ4v) is 3.79. The van der Waals surface area contributed by atoms with Crippen molar-refractivity contribution in [2.45, 2.75) is 39.2 Å². The number of benzene rings is 1. The summed E-state index contributed by atoms with van der Waals surface area (Å²) in [6, 6.07) is 14.6. The highest BCUT2D eigenvalue weighted by Gasteiger charge is 2.15. The minimum Gasteiger partial charge on any atom is -0.372 e. The van der Waals surface area contributed by atoms with E-state index in [1.165, 1.54) is 24.1 Å². The van der Waals surface area contributed by atoms with Gasteiger partial charge >= 0.3 is 0 Å². The number of pyridine rings is 1. The molecule has 1 saturated heterocycles. The summed E-state index contributed by atoms with van der Waals surface area (Å²) in [6.07, 6.45) is 5.03. The lowest BCUT2D eigenvalue weighted by Crippen LogP contribution is -2.40. The fourth-order valence-electron chi connectivity index (χ4n) is 3.79. The molecule has 32 heavy (non-hydrogen) atoms. The molecule has 1 amide bonds. The predicted molar refractivity (Wildman–Crippen MR) is 131 cm³/mol. The topological polar surface area (TPSA) is 72.9 Å². The summed E-state index contributed by atoms with van der Waals surface area (Å²) >= 11 is 0. The number of aliphatic imine (C=N–C) groups is 1. The molecule has 1 unspecified atom stereocenters. The molecule has 1 aromatic carbocycles. The Morgan fingerprint density at radius 2 is 2.03 bits per heavy atom. The molecule has 7 nitrogen and oxygen atoms in total. The van der Waals surface area contributed by atoms with Crippen molar-refractivity contribution < 1.29 is 4.79 Å². The molecule has 7 heteroatoms. The van der Waals surface area contributed by atoms with E-state index in [1.54, 1.807) is 11.1 Å². The summed E-state index contributed by atoms with van der Waals surface area (Å²) in [7, 11) is 1.81. The van der Waals surface area contributed by atoms with Gasteiger partial charge in [0.05, 0.1) is 6.04 Å². The van der Waals surface area contributed by atoms with Crippen LogP contribution in [0, 0.1) is 0 Å². The van der Waals surface area contributed by atoms with Crippen molar-refractivity contribution in [3.05, 3.63) is 59.9 Å². The molecule has 172 valence electrons. The van der Waals surface area contributed by atoms with Crippen LogP contribution >= 0.6 is 0 Å². The van der Waals surface area contributed by atoms with Crippen LogP contribution in [0.5, 0.6) is 0 Å². The number of nitrogens with one attached hydrogen (secondary N) is 2. The molecule has 2 N–H and O–H groups in total. The van der Waals surface area contributed by atoms with Crippen LogP contribution in [0.25, 0.3) is 0 Å². The second-order valence-electron chi connectivity index (χ2n) is 8.24. The van der Waals surface area contributed by atoms with Crippen molar-refractivity contribution in [2.24, 2.45) is 4.99 Å². The molecule has 2 heterocycles. The highest BCUT2D eigenvalue weighted by molar-refractivity contribution is 5.85. The van der Waals surface area contributed by atoms with Gasteiger partial charge in [0.1, 0.15) is 6.54 Å². The number of hydrogen-bond acceptors (Lipinski definition) is 4. The van der Waals surface area contributed by atoms with E-state index in [9.17, 15) is 4.79 Å². The van der Waals surface area contributed by atoms with E-state index in [0.717, 1.165) is 31.7 Å². The molecule has 0 spiro atoms. The average molecular weight is 437 g/mol. The number of rotatable bonds is 9. The Bertz CT molecular complexity index is 879. The van der Waals surface area contributed by atoms with Gasteiger partial charge in [-0.1, -0.05) is 18.2 Å². The van der Waals surface area contributed by atoms with E-state index in [1.807, 2.05) is 32.2 Å². The van der Waals surface area contributed by atoms with Crippen molar-refractivity contribution in [3.63, 3.8) is 0 Å². The van der Waals surface area contributed by atoms with Crippen molar-refractivity contribution >= 4 is 17.6 Å². The summed E-state index contributed by atoms with van der Waals surface area (Å²) < 4.78 is 0. The van der Waals surface area contributed by atoms with Gasteiger partial charge in [-0.15, -0.1) is 0 Å². The summed E-state index contributed by atoms with van der Waals surface area (Å²) in [4.78, 5) is 25.6. The Kier molecular flexibility index (Phi) is 8.90. The first-order valence-corrected chi connectivity index (χ1v) is 11.6. The van der Waals surface area contributed by atoms with Crippen LogP contribution in [0.2, 0.25) is 0 Å². The van der Waals surface area contributed by atoms with Crippen LogP contribution in [-0.4, -0.2) is 61.5 Å². The normalized spacial score (nSPS) is 14.8. The van der Waals surface area contributed by atoms with Crippen LogP contribution in [0.4, 0.5) is 5.69 Å². The molecular weight excluding hydrogens is 400 g/mol. The van der Waals surface area contributed by atoms with Gasteiger partial charge in [0, 0.05) is 57.2 Å². The third-order valence-electron chi connectivity index (χ3n) is 5.77. The van der Waals surface area contributed by atoms with Gasteiger partial charge in [0.2, 0.25) is 5.91 Å². The number of anilines is 1. The van der Waals surface area contributed by atoms with Gasteiger partial charge < -0.3 is 20.4 Å². The van der Waals surface area contributed by atoms with Crippen LogP contribution in [-0.2, 0) is 11.2 Å². The number of amides is 1. The molecule has 1 aliphatic rings. The zero-order valence-corrected chi connectivity index (χ0v) is 19.6. The maximum absolute atomic E-state index is 12.6. The fraction of sp³-hybridized carbons (Fsp3) is 0.480. The van der Waals surface area contributed by atoms with Crippen LogP contribution in [0.1, 0.15) is 44.0 Å². The lowest BCUT2D eigenvalue weighted by molar-refractivity contribution is -0.128. The maximum Gasteiger partial charge on any atom is 0.244 e. The zero-order valence-electron chi connectivity index (χ0n) is 19.6. The second-order valence-corrected chi connectivity index (χ2v) is 8.24. The summed E-state index contributed by atoms with van der Waals surface area (Å²) in [5, 5.41) is 6.70. The number of aromatic nitrogens is 1. The predicted octanol–water partition coefficient (Wildman–Crippen LogP) is 3.00. The quantitative estimate of drug-likeness (QED) is 0.467. The van der Waals surface area contributed by atoms with E-state index in [0.29, 0.717) is 12.5 Å². The third kappa shape index (κ3) is 6.97. The van der Waals surface area contributed by atoms with Crippen molar-refractivity contribution in [1.29, 1.82) is 0 Å². The average Bonchev–Trinajstić information content (AvgIpc) is 3.37. The Hall–Kier alpha value is -3.09. The Balaban J connectivity index is 1.55. The first-order valence-electron chi connectivity index (χ1n) is 11.6. The first-order chi connectivity index (χ1) is 15.6. The van der Waals surface area contributed by atoms with Gasteiger partial charge in [-0.2, -0.15) is 0 Å². The molecule has 2 aromatic rings. The smallest absolute Gasteiger partial charge is 0.244 e. The maximum atomic E-state index is 12.6. The molecule has 0 radical (unpaired) electrons. The van der Waals surface area contributed by atoms with E-state index in [4.69, 9.17) is 0 Å². The van der Waals surface area contributed by atoms with Gasteiger partial charge in [-0.05, 0) is 56.5 Å². The Morgan fingerprint density at radius 3 is 2.75 bits per heavy atom. The van der Waals surface area contributed by atoms with Gasteiger partial charge in [0.15, 0.2) is 5.96 Å². The number of likely N-dealkylation sites (N-methyl/N-ethyl adjacent to an activating group) is 1. The number of hydrogen-bond donors (Lipinski definition) is 2. The molecule has 1 aliphatic heterocycles. The van der Waals surface area contributed by atoms with Crippen LogP contribution in [0.3, 0.4) is 0 Å². The highest BCUT2D eigenvalue weighted by Crippen LogP contribution is 2.23. The lowest BCUT2D eigenvalue weighted by atomic mass is 10.1. The zero-order chi connectivity index (χ0) is 22.8. The molecule has 1 aromatic heterocycles. The molecule has 0 bridgehead atoms. The standard InChI is InChI=1S/C25H36N6O/c1-4-26-25(28-19-24(32)30(3)17-13-22-11-5-6-14-27-22)29-20(2)21-10-9-12-23(18-21)31-15-7-8-16-31/h5-6,9-12,14,18,20H,4,7-8,13,15-17,19H2,1-3H3,(H2,26,28,29). The molecule has 0 aliphatic carbocycles. The molecule has 0 saturated carbocycles. The lowest BCUT2D eigenvalue weighted by Gasteiger charge is -2.22. The molecular formula is C25H36N6O. The SMILES string of the molecule is CCNC(=NCC(=O)N(C)CCc1ccccn1)NC(C)c1cccc(N2CCCC2)c1. The van der Waals surface area contributed by atoms with Crippen molar-refractivity contribution in [1.82, 2.24) is 20.5 Å².